The fraction of sp³-hybridized carbons (Fsp3) is 0.667. The van der Waals surface area contributed by atoms with Crippen LogP contribution in [0.5, 0.6) is 5.88 Å². The third kappa shape index (κ3) is 6.69. The summed E-state index contributed by atoms with van der Waals surface area (Å²) in [6.45, 7) is 12.4. The Morgan fingerprint density at radius 2 is 1.86 bits per heavy atom. The van der Waals surface area contributed by atoms with Crippen LogP contribution >= 0.6 is 0 Å². The number of rotatable bonds is 5. The van der Waals surface area contributed by atoms with E-state index in [-0.39, 0.29) is 17.9 Å². The zero-order valence-corrected chi connectivity index (χ0v) is 17.8. The van der Waals surface area contributed by atoms with Crippen molar-refractivity contribution in [1.82, 2.24) is 15.2 Å². The van der Waals surface area contributed by atoms with Crippen LogP contribution in [0.3, 0.4) is 0 Å². The monoisotopic (exact) mass is 391 g/mol. The van der Waals surface area contributed by atoms with Crippen LogP contribution in [-0.2, 0) is 9.53 Å². The van der Waals surface area contributed by atoms with Crippen molar-refractivity contribution in [3.8, 4) is 5.88 Å². The standard InChI is InChI=1S/C21H33N3O4/c1-14(2)18(23-20(26)28-21(4,5)6)19(25)24-11-9-16(10-12-24)27-17-8-7-15(3)13-22-17/h7-8,13-14,16,18H,9-12H2,1-6H3,(H,23,26)/t18-/m0/s1. The van der Waals surface area contributed by atoms with Crippen LogP contribution in [0.4, 0.5) is 4.79 Å². The van der Waals surface area contributed by atoms with Gasteiger partial charge in [-0.2, -0.15) is 0 Å². The largest absolute Gasteiger partial charge is 0.474 e. The summed E-state index contributed by atoms with van der Waals surface area (Å²) >= 11 is 0. The van der Waals surface area contributed by atoms with Crippen LogP contribution in [0, 0.1) is 12.8 Å². The van der Waals surface area contributed by atoms with Crippen LogP contribution in [-0.4, -0.2) is 52.7 Å². The molecule has 0 aliphatic carbocycles. The summed E-state index contributed by atoms with van der Waals surface area (Å²) in [6.07, 6.45) is 2.72. The number of hydrogen-bond acceptors (Lipinski definition) is 5. The van der Waals surface area contributed by atoms with Crippen LogP contribution in [0.15, 0.2) is 18.3 Å². The van der Waals surface area contributed by atoms with Crippen molar-refractivity contribution in [2.45, 2.75) is 72.1 Å². The lowest BCUT2D eigenvalue weighted by atomic mass is 10.0. The van der Waals surface area contributed by atoms with Gasteiger partial charge in [0.2, 0.25) is 11.8 Å². The summed E-state index contributed by atoms with van der Waals surface area (Å²) < 4.78 is 11.2. The molecule has 2 heterocycles. The van der Waals surface area contributed by atoms with E-state index in [1.807, 2.05) is 32.9 Å². The molecule has 7 heteroatoms. The quantitative estimate of drug-likeness (QED) is 0.833. The Kier molecular flexibility index (Phi) is 7.27. The summed E-state index contributed by atoms with van der Waals surface area (Å²) in [7, 11) is 0. The van der Waals surface area contributed by atoms with Gasteiger partial charge in [-0.3, -0.25) is 4.79 Å². The minimum atomic E-state index is -0.605. The van der Waals surface area contributed by atoms with E-state index in [2.05, 4.69) is 10.3 Å². The number of pyridine rings is 1. The Morgan fingerprint density at radius 3 is 2.36 bits per heavy atom. The third-order valence-electron chi connectivity index (χ3n) is 4.53. The van der Waals surface area contributed by atoms with Crippen molar-refractivity contribution in [1.29, 1.82) is 0 Å². The molecule has 1 aromatic rings. The maximum atomic E-state index is 12.9. The minimum absolute atomic E-state index is 0.0363. The molecule has 1 atom stereocenters. The maximum absolute atomic E-state index is 12.9. The number of ether oxygens (including phenoxy) is 2. The second-order valence-electron chi connectivity index (χ2n) is 8.68. The van der Waals surface area contributed by atoms with Gasteiger partial charge >= 0.3 is 6.09 Å². The van der Waals surface area contributed by atoms with Gasteiger partial charge < -0.3 is 19.7 Å². The van der Waals surface area contributed by atoms with E-state index in [9.17, 15) is 9.59 Å². The first-order chi connectivity index (χ1) is 13.0. The number of aromatic nitrogens is 1. The summed E-state index contributed by atoms with van der Waals surface area (Å²) in [6, 6.07) is 3.23. The van der Waals surface area contributed by atoms with Gasteiger partial charge in [0.05, 0.1) is 0 Å². The van der Waals surface area contributed by atoms with E-state index in [1.54, 1.807) is 31.9 Å². The Labute approximate surface area is 167 Å². The van der Waals surface area contributed by atoms with Crippen molar-refractivity contribution >= 4 is 12.0 Å². The predicted octanol–water partition coefficient (Wildman–Crippen LogP) is 3.31. The highest BCUT2D eigenvalue weighted by Crippen LogP contribution is 2.19. The summed E-state index contributed by atoms with van der Waals surface area (Å²) in [4.78, 5) is 31.1. The van der Waals surface area contributed by atoms with Gasteiger partial charge in [0.25, 0.3) is 0 Å². The number of likely N-dealkylation sites (tertiary alicyclic amines) is 1. The number of hydrogen-bond donors (Lipinski definition) is 1. The molecule has 2 amide bonds. The van der Waals surface area contributed by atoms with Crippen molar-refractivity contribution in [2.24, 2.45) is 5.92 Å². The number of carbonyl (C=O) groups excluding carboxylic acids is 2. The molecule has 1 fully saturated rings. The molecule has 7 nitrogen and oxygen atoms in total. The fourth-order valence-corrected chi connectivity index (χ4v) is 3.03. The lowest BCUT2D eigenvalue weighted by Crippen LogP contribution is -2.54. The molecule has 0 radical (unpaired) electrons. The average molecular weight is 392 g/mol. The topological polar surface area (TPSA) is 80.8 Å². The van der Waals surface area contributed by atoms with Crippen LogP contribution < -0.4 is 10.1 Å². The number of nitrogens with one attached hydrogen (secondary N) is 1. The molecule has 2 rings (SSSR count). The molecular formula is C21H33N3O4. The van der Waals surface area contributed by atoms with Gasteiger partial charge in [0, 0.05) is 38.2 Å². The first-order valence-electron chi connectivity index (χ1n) is 9.93. The third-order valence-corrected chi connectivity index (χ3v) is 4.53. The van der Waals surface area contributed by atoms with Gasteiger partial charge in [-0.15, -0.1) is 0 Å². The summed E-state index contributed by atoms with van der Waals surface area (Å²) in [5.41, 5.74) is 0.485. The van der Waals surface area contributed by atoms with Crippen molar-refractivity contribution < 1.29 is 19.1 Å². The lowest BCUT2D eigenvalue weighted by Gasteiger charge is -2.35. The van der Waals surface area contributed by atoms with Gasteiger partial charge in [-0.05, 0) is 39.2 Å². The van der Waals surface area contributed by atoms with Crippen LogP contribution in [0.25, 0.3) is 0 Å². The smallest absolute Gasteiger partial charge is 0.408 e. The molecule has 0 spiro atoms. The molecule has 156 valence electrons. The first kappa shape index (κ1) is 22.0. The Hall–Kier alpha value is -2.31. The predicted molar refractivity (Wildman–Crippen MR) is 107 cm³/mol. The van der Waals surface area contributed by atoms with Gasteiger partial charge in [0.1, 0.15) is 17.7 Å². The number of carbonyl (C=O) groups is 2. The Balaban J connectivity index is 1.89. The molecule has 0 aromatic carbocycles. The molecule has 1 aliphatic rings. The average Bonchev–Trinajstić information content (AvgIpc) is 2.60. The fourth-order valence-electron chi connectivity index (χ4n) is 3.03. The number of alkyl carbamates (subject to hydrolysis) is 1. The molecule has 1 N–H and O–H groups in total. The minimum Gasteiger partial charge on any atom is -0.474 e. The van der Waals surface area contributed by atoms with Crippen LogP contribution in [0.2, 0.25) is 0 Å². The van der Waals surface area contributed by atoms with Crippen molar-refractivity contribution in [3.05, 3.63) is 23.9 Å². The van der Waals surface area contributed by atoms with Crippen molar-refractivity contribution in [3.63, 3.8) is 0 Å². The summed E-state index contributed by atoms with van der Waals surface area (Å²) in [5, 5.41) is 2.73. The molecule has 0 saturated carbocycles. The number of nitrogens with zero attached hydrogens (tertiary/aromatic N) is 2. The van der Waals surface area contributed by atoms with E-state index < -0.39 is 17.7 Å². The molecule has 0 unspecified atom stereocenters. The van der Waals surface area contributed by atoms with Gasteiger partial charge in [-0.1, -0.05) is 19.9 Å². The van der Waals surface area contributed by atoms with E-state index in [0.29, 0.717) is 19.0 Å². The zero-order valence-electron chi connectivity index (χ0n) is 17.8. The Morgan fingerprint density at radius 1 is 1.21 bits per heavy atom. The summed E-state index contributed by atoms with van der Waals surface area (Å²) in [5.74, 6) is 0.501. The molecule has 1 aliphatic heterocycles. The number of amides is 2. The van der Waals surface area contributed by atoms with Gasteiger partial charge in [-0.25, -0.2) is 9.78 Å². The van der Waals surface area contributed by atoms with E-state index >= 15 is 0 Å². The molecular weight excluding hydrogens is 358 g/mol. The highest BCUT2D eigenvalue weighted by Gasteiger charge is 2.32. The molecule has 1 aromatic heterocycles. The molecule has 1 saturated heterocycles. The zero-order chi connectivity index (χ0) is 20.9. The number of aryl methyl sites for hydroxylation is 1. The van der Waals surface area contributed by atoms with E-state index in [4.69, 9.17) is 9.47 Å². The van der Waals surface area contributed by atoms with Crippen LogP contribution in [0.1, 0.15) is 53.0 Å². The second kappa shape index (κ2) is 9.26. The molecule has 0 bridgehead atoms. The first-order valence-corrected chi connectivity index (χ1v) is 9.93. The normalized spacial score (nSPS) is 16.6. The maximum Gasteiger partial charge on any atom is 0.408 e. The van der Waals surface area contributed by atoms with E-state index in [1.165, 1.54) is 0 Å². The lowest BCUT2D eigenvalue weighted by molar-refractivity contribution is -0.136. The second-order valence-corrected chi connectivity index (χ2v) is 8.68. The Bertz CT molecular complexity index is 659. The van der Waals surface area contributed by atoms with Crippen molar-refractivity contribution in [2.75, 3.05) is 13.1 Å². The highest BCUT2D eigenvalue weighted by molar-refractivity contribution is 5.86. The number of piperidine rings is 1. The van der Waals surface area contributed by atoms with Gasteiger partial charge in [0.15, 0.2) is 0 Å². The SMILES string of the molecule is Cc1ccc(OC2CCN(C(=O)[C@@H](NC(=O)OC(C)(C)C)C(C)C)CC2)nc1. The molecule has 28 heavy (non-hydrogen) atoms. The highest BCUT2D eigenvalue weighted by atomic mass is 16.6. The van der Waals surface area contributed by atoms with E-state index in [0.717, 1.165) is 18.4 Å².